The SMILES string of the molecule is Cc1sc(=NC(=O)c2ccc(Cl)c(Cl)c2)n(Cc2ccc(C(=O)N3CCCC3)o2)c1C. The minimum absolute atomic E-state index is 0.0772. The first kappa shape index (κ1) is 21.9. The average molecular weight is 478 g/mol. The number of halogens is 2. The molecule has 0 unspecified atom stereocenters. The van der Waals surface area contributed by atoms with Gasteiger partial charge in [0.2, 0.25) is 0 Å². The number of amides is 2. The summed E-state index contributed by atoms with van der Waals surface area (Å²) in [6, 6.07) is 8.19. The van der Waals surface area contributed by atoms with Crippen LogP contribution in [0.3, 0.4) is 0 Å². The Labute approximate surface area is 193 Å². The molecule has 9 heteroatoms. The molecule has 1 fully saturated rings. The molecule has 0 spiro atoms. The molecule has 3 aromatic rings. The molecule has 3 heterocycles. The van der Waals surface area contributed by atoms with Gasteiger partial charge in [0.1, 0.15) is 5.76 Å². The fourth-order valence-electron chi connectivity index (χ4n) is 3.46. The average Bonchev–Trinajstić information content (AvgIpc) is 3.48. The molecule has 0 bridgehead atoms. The minimum atomic E-state index is -0.405. The lowest BCUT2D eigenvalue weighted by molar-refractivity contribution is 0.0759. The monoisotopic (exact) mass is 477 g/mol. The smallest absolute Gasteiger partial charge is 0.289 e. The number of carbonyl (C=O) groups is 2. The largest absolute Gasteiger partial charge is 0.454 e. The minimum Gasteiger partial charge on any atom is -0.454 e. The normalized spacial score (nSPS) is 14.5. The Morgan fingerprint density at radius 3 is 2.55 bits per heavy atom. The molecule has 0 N–H and O–H groups in total. The van der Waals surface area contributed by atoms with Crippen molar-refractivity contribution in [3.05, 3.63) is 72.8 Å². The molecular formula is C22H21Cl2N3O3S. The zero-order valence-corrected chi connectivity index (χ0v) is 19.5. The summed E-state index contributed by atoms with van der Waals surface area (Å²) in [5, 5.41) is 0.688. The van der Waals surface area contributed by atoms with Crippen LogP contribution < -0.4 is 4.80 Å². The number of carbonyl (C=O) groups excluding carboxylic acids is 2. The van der Waals surface area contributed by atoms with Gasteiger partial charge in [-0.2, -0.15) is 4.99 Å². The van der Waals surface area contributed by atoms with E-state index in [0.717, 1.165) is 36.5 Å². The van der Waals surface area contributed by atoms with E-state index >= 15 is 0 Å². The van der Waals surface area contributed by atoms with E-state index < -0.39 is 5.91 Å². The van der Waals surface area contributed by atoms with Crippen LogP contribution in [0.2, 0.25) is 10.0 Å². The summed E-state index contributed by atoms with van der Waals surface area (Å²) < 4.78 is 7.75. The van der Waals surface area contributed by atoms with Gasteiger partial charge in [-0.25, -0.2) is 0 Å². The number of hydrogen-bond acceptors (Lipinski definition) is 4. The van der Waals surface area contributed by atoms with E-state index in [9.17, 15) is 9.59 Å². The van der Waals surface area contributed by atoms with Gasteiger partial charge < -0.3 is 13.9 Å². The molecule has 31 heavy (non-hydrogen) atoms. The van der Waals surface area contributed by atoms with Crippen molar-refractivity contribution in [1.82, 2.24) is 9.47 Å². The summed E-state index contributed by atoms with van der Waals surface area (Å²) in [5.41, 5.74) is 1.34. The predicted octanol–water partition coefficient (Wildman–Crippen LogP) is 5.09. The Kier molecular flexibility index (Phi) is 6.36. The highest BCUT2D eigenvalue weighted by molar-refractivity contribution is 7.09. The molecule has 0 saturated carbocycles. The van der Waals surface area contributed by atoms with Gasteiger partial charge in [0.05, 0.1) is 16.6 Å². The van der Waals surface area contributed by atoms with Gasteiger partial charge in [0, 0.05) is 29.2 Å². The first-order valence-electron chi connectivity index (χ1n) is 9.92. The number of furan rings is 1. The number of aromatic nitrogens is 1. The van der Waals surface area contributed by atoms with E-state index in [1.54, 1.807) is 24.3 Å². The maximum absolute atomic E-state index is 12.7. The van der Waals surface area contributed by atoms with Gasteiger partial charge in [0.15, 0.2) is 10.6 Å². The Bertz CT molecular complexity index is 1220. The van der Waals surface area contributed by atoms with Gasteiger partial charge in [-0.15, -0.1) is 11.3 Å². The van der Waals surface area contributed by atoms with Crippen molar-refractivity contribution in [2.75, 3.05) is 13.1 Å². The quantitative estimate of drug-likeness (QED) is 0.525. The van der Waals surface area contributed by atoms with Crippen molar-refractivity contribution in [1.29, 1.82) is 0 Å². The molecule has 1 aliphatic heterocycles. The molecule has 1 saturated heterocycles. The van der Waals surface area contributed by atoms with E-state index in [-0.39, 0.29) is 5.91 Å². The van der Waals surface area contributed by atoms with Crippen LogP contribution in [0.4, 0.5) is 0 Å². The van der Waals surface area contributed by atoms with Crippen LogP contribution in [-0.4, -0.2) is 34.4 Å². The second-order valence-electron chi connectivity index (χ2n) is 7.42. The number of hydrogen-bond donors (Lipinski definition) is 0. The van der Waals surface area contributed by atoms with Crippen molar-refractivity contribution in [2.24, 2.45) is 4.99 Å². The summed E-state index contributed by atoms with van der Waals surface area (Å²) in [5.74, 6) is 0.490. The lowest BCUT2D eigenvalue weighted by Crippen LogP contribution is -2.27. The van der Waals surface area contributed by atoms with Gasteiger partial charge in [-0.1, -0.05) is 23.2 Å². The van der Waals surface area contributed by atoms with Crippen molar-refractivity contribution in [2.45, 2.75) is 33.2 Å². The number of aryl methyl sites for hydroxylation is 1. The van der Waals surface area contributed by atoms with Crippen LogP contribution in [-0.2, 0) is 6.54 Å². The van der Waals surface area contributed by atoms with E-state index in [1.165, 1.54) is 17.4 Å². The number of nitrogens with zero attached hydrogens (tertiary/aromatic N) is 3. The zero-order valence-electron chi connectivity index (χ0n) is 17.2. The van der Waals surface area contributed by atoms with Crippen LogP contribution in [0.15, 0.2) is 39.7 Å². The van der Waals surface area contributed by atoms with Crippen LogP contribution in [0, 0.1) is 13.8 Å². The Balaban J connectivity index is 1.61. The van der Waals surface area contributed by atoms with Crippen molar-refractivity contribution in [3.63, 3.8) is 0 Å². The standard InChI is InChI=1S/C22H21Cl2N3O3S/c1-13-14(2)31-22(25-20(28)15-5-7-17(23)18(24)11-15)27(13)12-16-6-8-19(30-16)21(29)26-9-3-4-10-26/h5-8,11H,3-4,9-10,12H2,1-2H3. The second kappa shape index (κ2) is 9.02. The second-order valence-corrected chi connectivity index (χ2v) is 9.42. The Morgan fingerprint density at radius 2 is 1.84 bits per heavy atom. The van der Waals surface area contributed by atoms with E-state index in [0.29, 0.717) is 38.5 Å². The Morgan fingerprint density at radius 1 is 1.10 bits per heavy atom. The van der Waals surface area contributed by atoms with Crippen LogP contribution in [0.1, 0.15) is 50.1 Å². The molecular weight excluding hydrogens is 457 g/mol. The number of rotatable bonds is 4. The van der Waals surface area contributed by atoms with Crippen molar-refractivity contribution < 1.29 is 14.0 Å². The van der Waals surface area contributed by atoms with Crippen LogP contribution >= 0.6 is 34.5 Å². The summed E-state index contributed by atoms with van der Waals surface area (Å²) >= 11 is 13.4. The number of benzene rings is 1. The first-order chi connectivity index (χ1) is 14.8. The third-order valence-electron chi connectivity index (χ3n) is 5.33. The van der Waals surface area contributed by atoms with Crippen LogP contribution in [0.5, 0.6) is 0 Å². The van der Waals surface area contributed by atoms with Gasteiger partial charge in [-0.05, 0) is 57.0 Å². The van der Waals surface area contributed by atoms with Crippen LogP contribution in [0.25, 0.3) is 0 Å². The molecule has 0 radical (unpaired) electrons. The van der Waals surface area contributed by atoms with E-state index in [2.05, 4.69) is 4.99 Å². The van der Waals surface area contributed by atoms with Crippen molar-refractivity contribution in [3.8, 4) is 0 Å². The summed E-state index contributed by atoms with van der Waals surface area (Å²) in [6.45, 7) is 5.85. The number of likely N-dealkylation sites (tertiary alicyclic amines) is 1. The lowest BCUT2D eigenvalue weighted by atomic mass is 10.2. The fraction of sp³-hybridized carbons (Fsp3) is 0.318. The topological polar surface area (TPSA) is 67.8 Å². The fourth-order valence-corrected chi connectivity index (χ4v) is 4.73. The molecule has 162 valence electrons. The summed E-state index contributed by atoms with van der Waals surface area (Å²) in [7, 11) is 0. The molecule has 2 amide bonds. The lowest BCUT2D eigenvalue weighted by Gasteiger charge is -2.12. The highest BCUT2D eigenvalue weighted by atomic mass is 35.5. The molecule has 2 aromatic heterocycles. The summed E-state index contributed by atoms with van der Waals surface area (Å²) in [4.78, 5) is 33.0. The van der Waals surface area contributed by atoms with Gasteiger partial charge in [0.25, 0.3) is 11.8 Å². The predicted molar refractivity (Wildman–Crippen MR) is 121 cm³/mol. The molecule has 0 aliphatic carbocycles. The highest BCUT2D eigenvalue weighted by Crippen LogP contribution is 2.23. The third kappa shape index (κ3) is 4.63. The first-order valence-corrected chi connectivity index (χ1v) is 11.5. The van der Waals surface area contributed by atoms with E-state index in [4.69, 9.17) is 27.6 Å². The third-order valence-corrected chi connectivity index (χ3v) is 7.17. The zero-order chi connectivity index (χ0) is 22.1. The molecule has 6 nitrogen and oxygen atoms in total. The number of thiazole rings is 1. The highest BCUT2D eigenvalue weighted by Gasteiger charge is 2.22. The van der Waals surface area contributed by atoms with E-state index in [1.807, 2.05) is 23.3 Å². The van der Waals surface area contributed by atoms with Gasteiger partial charge >= 0.3 is 0 Å². The molecule has 0 atom stereocenters. The van der Waals surface area contributed by atoms with Crippen molar-refractivity contribution >= 4 is 46.4 Å². The molecule has 4 rings (SSSR count). The summed E-state index contributed by atoms with van der Waals surface area (Å²) in [6.07, 6.45) is 2.06. The molecule has 1 aromatic carbocycles. The maximum atomic E-state index is 12.7. The molecule has 1 aliphatic rings. The van der Waals surface area contributed by atoms with Gasteiger partial charge in [-0.3, -0.25) is 9.59 Å². The Hall–Kier alpha value is -2.35. The maximum Gasteiger partial charge on any atom is 0.289 e.